The molecule has 0 radical (unpaired) electrons. The highest BCUT2D eigenvalue weighted by Gasteiger charge is 2.39. The Morgan fingerprint density at radius 3 is 2.28 bits per heavy atom. The topological polar surface area (TPSA) is 40.5 Å². The third-order valence-corrected chi connectivity index (χ3v) is 4.72. The van der Waals surface area contributed by atoms with Gasteiger partial charge in [-0.25, -0.2) is 0 Å². The molecule has 18 heavy (non-hydrogen) atoms. The number of halogens is 1. The highest BCUT2D eigenvalue weighted by molar-refractivity contribution is 6.31. The molecule has 0 spiro atoms. The Balaban J connectivity index is 2.22. The second kappa shape index (κ2) is 6.05. The fourth-order valence-electron chi connectivity index (χ4n) is 3.12. The number of hydrogen-bond acceptors (Lipinski definition) is 2. The predicted molar refractivity (Wildman–Crippen MR) is 73.7 cm³/mol. The predicted octanol–water partition coefficient (Wildman–Crippen LogP) is 3.04. The third kappa shape index (κ3) is 2.71. The lowest BCUT2D eigenvalue weighted by atomic mass is 9.71. The number of benzene rings is 1. The molecule has 0 aliphatic heterocycles. The van der Waals surface area contributed by atoms with Crippen LogP contribution < -0.4 is 0 Å². The van der Waals surface area contributed by atoms with Crippen LogP contribution in [0.1, 0.15) is 31.2 Å². The van der Waals surface area contributed by atoms with Crippen molar-refractivity contribution in [1.82, 2.24) is 0 Å². The number of rotatable bonds is 5. The van der Waals surface area contributed by atoms with Gasteiger partial charge in [0.05, 0.1) is 13.2 Å². The van der Waals surface area contributed by atoms with E-state index in [-0.39, 0.29) is 13.2 Å². The first-order valence-corrected chi connectivity index (χ1v) is 7.05. The lowest BCUT2D eigenvalue weighted by Crippen LogP contribution is -2.39. The Bertz CT molecular complexity index is 382. The van der Waals surface area contributed by atoms with E-state index in [2.05, 4.69) is 0 Å². The van der Waals surface area contributed by atoms with E-state index < -0.39 is 5.41 Å². The molecule has 1 aliphatic carbocycles. The molecule has 0 heterocycles. The third-order valence-electron chi connectivity index (χ3n) is 4.35. The largest absolute Gasteiger partial charge is 0.396 e. The van der Waals surface area contributed by atoms with Crippen LogP contribution in [0.5, 0.6) is 0 Å². The van der Waals surface area contributed by atoms with Gasteiger partial charge in [0.15, 0.2) is 0 Å². The van der Waals surface area contributed by atoms with Gasteiger partial charge in [-0.15, -0.1) is 0 Å². The SMILES string of the molecule is OCC(CO)(Cc1ccccc1Cl)C1CCCC1. The van der Waals surface area contributed by atoms with E-state index in [1.54, 1.807) is 0 Å². The fraction of sp³-hybridized carbons (Fsp3) is 0.600. The first-order chi connectivity index (χ1) is 8.72. The van der Waals surface area contributed by atoms with E-state index in [1.165, 1.54) is 12.8 Å². The zero-order valence-corrected chi connectivity index (χ0v) is 11.4. The van der Waals surface area contributed by atoms with Gasteiger partial charge in [0.25, 0.3) is 0 Å². The summed E-state index contributed by atoms with van der Waals surface area (Å²) in [7, 11) is 0. The van der Waals surface area contributed by atoms with Crippen LogP contribution in [0.2, 0.25) is 5.02 Å². The van der Waals surface area contributed by atoms with Gasteiger partial charge in [-0.2, -0.15) is 0 Å². The van der Waals surface area contributed by atoms with Crippen molar-refractivity contribution in [2.75, 3.05) is 13.2 Å². The van der Waals surface area contributed by atoms with Gasteiger partial charge >= 0.3 is 0 Å². The molecule has 2 rings (SSSR count). The highest BCUT2D eigenvalue weighted by Crippen LogP contribution is 2.42. The van der Waals surface area contributed by atoms with Crippen molar-refractivity contribution < 1.29 is 10.2 Å². The van der Waals surface area contributed by atoms with Crippen LogP contribution in [0.3, 0.4) is 0 Å². The van der Waals surface area contributed by atoms with E-state index in [0.717, 1.165) is 23.4 Å². The Morgan fingerprint density at radius 1 is 1.11 bits per heavy atom. The Hall–Kier alpha value is -0.570. The zero-order chi connectivity index (χ0) is 13.0. The summed E-state index contributed by atoms with van der Waals surface area (Å²) in [4.78, 5) is 0. The molecule has 2 nitrogen and oxygen atoms in total. The molecule has 0 bridgehead atoms. The first kappa shape index (κ1) is 13.9. The van der Waals surface area contributed by atoms with Crippen LogP contribution in [-0.2, 0) is 6.42 Å². The van der Waals surface area contributed by atoms with E-state index in [1.807, 2.05) is 24.3 Å². The van der Waals surface area contributed by atoms with Crippen molar-refractivity contribution in [3.8, 4) is 0 Å². The quantitative estimate of drug-likeness (QED) is 0.862. The van der Waals surface area contributed by atoms with Crippen molar-refractivity contribution in [2.45, 2.75) is 32.1 Å². The molecule has 1 saturated carbocycles. The molecule has 0 saturated heterocycles. The van der Waals surface area contributed by atoms with Gasteiger partial charge < -0.3 is 10.2 Å². The second-order valence-corrected chi connectivity index (χ2v) is 5.84. The molecule has 1 aromatic rings. The van der Waals surface area contributed by atoms with Crippen molar-refractivity contribution in [3.63, 3.8) is 0 Å². The molecule has 1 fully saturated rings. The minimum absolute atomic E-state index is 0.0272. The van der Waals surface area contributed by atoms with Crippen molar-refractivity contribution in [1.29, 1.82) is 0 Å². The summed E-state index contributed by atoms with van der Waals surface area (Å²) >= 11 is 6.19. The van der Waals surface area contributed by atoms with Crippen LogP contribution in [0.25, 0.3) is 0 Å². The van der Waals surface area contributed by atoms with Crippen LogP contribution in [-0.4, -0.2) is 23.4 Å². The van der Waals surface area contributed by atoms with E-state index in [4.69, 9.17) is 11.6 Å². The summed E-state index contributed by atoms with van der Waals surface area (Å²) in [6, 6.07) is 7.71. The lowest BCUT2D eigenvalue weighted by molar-refractivity contribution is 0.00572. The van der Waals surface area contributed by atoms with Gasteiger partial charge in [0.2, 0.25) is 0 Å². The monoisotopic (exact) mass is 268 g/mol. The van der Waals surface area contributed by atoms with E-state index in [0.29, 0.717) is 12.3 Å². The molecule has 0 atom stereocenters. The minimum atomic E-state index is -0.415. The summed E-state index contributed by atoms with van der Waals surface area (Å²) < 4.78 is 0. The normalized spacial score (nSPS) is 17.3. The average Bonchev–Trinajstić information content (AvgIpc) is 2.93. The van der Waals surface area contributed by atoms with Crippen LogP contribution in [0, 0.1) is 11.3 Å². The highest BCUT2D eigenvalue weighted by atomic mass is 35.5. The molecule has 0 unspecified atom stereocenters. The van der Waals surface area contributed by atoms with Gasteiger partial charge in [0.1, 0.15) is 0 Å². The fourth-order valence-corrected chi connectivity index (χ4v) is 3.33. The molecule has 0 amide bonds. The first-order valence-electron chi connectivity index (χ1n) is 6.67. The van der Waals surface area contributed by atoms with E-state index >= 15 is 0 Å². The maximum absolute atomic E-state index is 9.79. The van der Waals surface area contributed by atoms with Crippen molar-refractivity contribution in [3.05, 3.63) is 34.9 Å². The lowest BCUT2D eigenvalue weighted by Gasteiger charge is -2.36. The molecule has 3 heteroatoms. The maximum atomic E-state index is 9.79. The zero-order valence-electron chi connectivity index (χ0n) is 10.6. The van der Waals surface area contributed by atoms with Crippen molar-refractivity contribution in [2.24, 2.45) is 11.3 Å². The summed E-state index contributed by atoms with van der Waals surface area (Å²) in [5.41, 5.74) is 0.607. The second-order valence-electron chi connectivity index (χ2n) is 5.43. The average molecular weight is 269 g/mol. The Labute approximate surface area is 114 Å². The minimum Gasteiger partial charge on any atom is -0.396 e. The number of aliphatic hydroxyl groups is 2. The van der Waals surface area contributed by atoms with Gasteiger partial charge in [-0.1, -0.05) is 42.6 Å². The smallest absolute Gasteiger partial charge is 0.0515 e. The Kier molecular flexibility index (Phi) is 4.66. The van der Waals surface area contributed by atoms with Gasteiger partial charge in [0, 0.05) is 10.4 Å². The number of hydrogen-bond donors (Lipinski definition) is 2. The number of aliphatic hydroxyl groups excluding tert-OH is 2. The standard InChI is InChI=1S/C15H21ClO2/c16-14-8-4-1-5-12(14)9-15(10-17,11-18)13-6-2-3-7-13/h1,4-5,8,13,17-18H,2-3,6-7,9-11H2. The summed E-state index contributed by atoms with van der Waals surface area (Å²) in [6.45, 7) is 0.0543. The van der Waals surface area contributed by atoms with E-state index in [9.17, 15) is 10.2 Å². The van der Waals surface area contributed by atoms with Crippen molar-refractivity contribution >= 4 is 11.6 Å². The van der Waals surface area contributed by atoms with Gasteiger partial charge in [-0.05, 0) is 36.8 Å². The summed E-state index contributed by atoms with van der Waals surface area (Å²) in [6.07, 6.45) is 5.27. The molecule has 0 aromatic heterocycles. The molecule has 2 N–H and O–H groups in total. The summed E-state index contributed by atoms with van der Waals surface area (Å²) in [5, 5.41) is 20.3. The van der Waals surface area contributed by atoms with Crippen LogP contribution in [0.15, 0.2) is 24.3 Å². The Morgan fingerprint density at radius 2 is 1.72 bits per heavy atom. The summed E-state index contributed by atoms with van der Waals surface area (Å²) in [5.74, 6) is 0.406. The van der Waals surface area contributed by atoms with Crippen LogP contribution >= 0.6 is 11.6 Å². The maximum Gasteiger partial charge on any atom is 0.0515 e. The molecular weight excluding hydrogens is 248 g/mol. The van der Waals surface area contributed by atoms with Crippen LogP contribution in [0.4, 0.5) is 0 Å². The molecular formula is C15H21ClO2. The molecule has 1 aromatic carbocycles. The molecule has 1 aliphatic rings. The van der Waals surface area contributed by atoms with Gasteiger partial charge in [-0.3, -0.25) is 0 Å². The molecule has 100 valence electrons.